The summed E-state index contributed by atoms with van der Waals surface area (Å²) in [6.07, 6.45) is 1.93. The summed E-state index contributed by atoms with van der Waals surface area (Å²) >= 11 is 0. The maximum absolute atomic E-state index is 12.6. The Morgan fingerprint density at radius 2 is 1.89 bits per heavy atom. The summed E-state index contributed by atoms with van der Waals surface area (Å²) in [5.74, 6) is 0.928. The Hall–Kier alpha value is -3.16. The molecule has 3 amide bonds. The van der Waals surface area contributed by atoms with Crippen LogP contribution in [0.2, 0.25) is 0 Å². The first-order valence-corrected chi connectivity index (χ1v) is 8.94. The van der Waals surface area contributed by atoms with Crippen molar-refractivity contribution < 1.29 is 14.2 Å². The standard InChI is InChI=1S/C19H23N6O2/c1-12-7-5-6-8-14(12)20-9-10-24-13(2)11-25-15-16(21-18(24)25)22(3)19(27)23(4)17(15)26/h5-8,11,15,20H,9-10H2,1-4H3/q+1. The molecule has 1 aromatic heterocycles. The molecule has 2 aromatic rings. The number of hydrogen-bond acceptors (Lipinski definition) is 4. The number of carbonyl (C=O) groups is 2. The number of urea groups is 1. The summed E-state index contributed by atoms with van der Waals surface area (Å²) in [5, 5.41) is 3.45. The topological polar surface area (TPSA) is 73.8 Å². The van der Waals surface area contributed by atoms with Crippen molar-refractivity contribution in [1.29, 1.82) is 0 Å². The highest BCUT2D eigenvalue weighted by Crippen LogP contribution is 2.28. The Bertz CT molecular complexity index is 977. The lowest BCUT2D eigenvalue weighted by molar-refractivity contribution is -0.677. The van der Waals surface area contributed by atoms with Crippen molar-refractivity contribution in [3.63, 3.8) is 0 Å². The maximum Gasteiger partial charge on any atom is 0.401 e. The number of rotatable bonds is 4. The number of amidine groups is 1. The van der Waals surface area contributed by atoms with E-state index < -0.39 is 6.04 Å². The van der Waals surface area contributed by atoms with Crippen LogP contribution in [0.1, 0.15) is 17.3 Å². The molecule has 0 spiro atoms. The van der Waals surface area contributed by atoms with Crippen molar-refractivity contribution in [1.82, 2.24) is 14.4 Å². The lowest BCUT2D eigenvalue weighted by Crippen LogP contribution is -2.61. The third-order valence-electron chi connectivity index (χ3n) is 5.24. The van der Waals surface area contributed by atoms with Crippen molar-refractivity contribution in [2.45, 2.75) is 26.4 Å². The first-order chi connectivity index (χ1) is 12.9. The third kappa shape index (κ3) is 2.59. The van der Waals surface area contributed by atoms with Gasteiger partial charge in [-0.2, -0.15) is 0 Å². The number of carbonyl (C=O) groups excluding carboxylic acids is 2. The van der Waals surface area contributed by atoms with E-state index in [0.717, 1.165) is 22.8 Å². The largest absolute Gasteiger partial charge is 0.401 e. The van der Waals surface area contributed by atoms with E-state index in [2.05, 4.69) is 33.9 Å². The van der Waals surface area contributed by atoms with Gasteiger partial charge in [-0.15, -0.1) is 0 Å². The van der Waals surface area contributed by atoms with Gasteiger partial charge in [-0.05, 0) is 25.5 Å². The van der Waals surface area contributed by atoms with E-state index in [1.807, 2.05) is 29.8 Å². The summed E-state index contributed by atoms with van der Waals surface area (Å²) in [5.41, 5.74) is 3.32. The lowest BCUT2D eigenvalue weighted by atomic mass is 10.2. The van der Waals surface area contributed by atoms with Crippen LogP contribution in [-0.2, 0) is 11.3 Å². The smallest absolute Gasteiger partial charge is 0.382 e. The summed E-state index contributed by atoms with van der Waals surface area (Å²) in [6, 6.07) is 7.23. The van der Waals surface area contributed by atoms with Crippen molar-refractivity contribution in [3.05, 3.63) is 41.7 Å². The molecule has 1 aromatic carbocycles. The molecule has 8 heteroatoms. The SMILES string of the molecule is Cc1ccccc1NCCn1c(C)c[n+]2c1N=C1C2C(=O)N(C)C(=O)N1C. The van der Waals surface area contributed by atoms with Gasteiger partial charge >= 0.3 is 12.0 Å². The number of para-hydroxylation sites is 1. The number of likely N-dealkylation sites (N-methyl/N-ethyl adjacent to an activating group) is 2. The molecule has 1 fully saturated rings. The molecular weight excluding hydrogens is 344 g/mol. The monoisotopic (exact) mass is 367 g/mol. The number of nitrogens with one attached hydrogen (secondary N) is 1. The predicted octanol–water partition coefficient (Wildman–Crippen LogP) is 1.61. The van der Waals surface area contributed by atoms with Gasteiger partial charge in [0.1, 0.15) is 11.9 Å². The quantitative estimate of drug-likeness (QED) is 0.835. The van der Waals surface area contributed by atoms with Crippen molar-refractivity contribution in [2.24, 2.45) is 4.99 Å². The highest BCUT2D eigenvalue weighted by molar-refractivity contribution is 6.18. The molecule has 4 rings (SSSR count). The molecular formula is C19H23N6O2+. The van der Waals surface area contributed by atoms with Crippen LogP contribution in [-0.4, -0.2) is 52.8 Å². The molecule has 1 unspecified atom stereocenters. The van der Waals surface area contributed by atoms with Gasteiger partial charge in [-0.25, -0.2) is 13.9 Å². The molecule has 2 aliphatic rings. The fraction of sp³-hybridized carbons (Fsp3) is 0.368. The second-order valence-corrected chi connectivity index (χ2v) is 6.98. The molecule has 8 nitrogen and oxygen atoms in total. The minimum absolute atomic E-state index is 0.254. The maximum atomic E-state index is 12.6. The molecule has 1 saturated heterocycles. The zero-order valence-corrected chi connectivity index (χ0v) is 15.9. The van der Waals surface area contributed by atoms with Crippen LogP contribution >= 0.6 is 0 Å². The van der Waals surface area contributed by atoms with Crippen molar-refractivity contribution >= 4 is 29.4 Å². The van der Waals surface area contributed by atoms with E-state index in [4.69, 9.17) is 0 Å². The number of benzene rings is 1. The summed E-state index contributed by atoms with van der Waals surface area (Å²) in [6.45, 7) is 5.50. The number of anilines is 1. The predicted molar refractivity (Wildman–Crippen MR) is 101 cm³/mol. The fourth-order valence-electron chi connectivity index (χ4n) is 3.66. The number of amides is 3. The first kappa shape index (κ1) is 17.3. The van der Waals surface area contributed by atoms with Crippen LogP contribution in [0.25, 0.3) is 0 Å². The van der Waals surface area contributed by atoms with E-state index in [9.17, 15) is 9.59 Å². The minimum Gasteiger partial charge on any atom is -0.382 e. The van der Waals surface area contributed by atoms with Crippen molar-refractivity contribution in [2.75, 3.05) is 26.0 Å². The van der Waals surface area contributed by atoms with E-state index in [0.29, 0.717) is 18.3 Å². The minimum atomic E-state index is -0.572. The van der Waals surface area contributed by atoms with Gasteiger partial charge < -0.3 is 5.32 Å². The Morgan fingerprint density at radius 3 is 2.63 bits per heavy atom. The van der Waals surface area contributed by atoms with Crippen LogP contribution < -0.4 is 9.88 Å². The van der Waals surface area contributed by atoms with Crippen LogP contribution in [0.5, 0.6) is 0 Å². The van der Waals surface area contributed by atoms with Crippen LogP contribution in [0, 0.1) is 13.8 Å². The molecule has 3 heterocycles. The highest BCUT2D eigenvalue weighted by Gasteiger charge is 2.52. The van der Waals surface area contributed by atoms with Gasteiger partial charge in [0.05, 0.1) is 6.54 Å². The third-order valence-corrected chi connectivity index (χ3v) is 5.24. The average Bonchev–Trinajstić information content (AvgIpc) is 3.15. The number of aryl methyl sites for hydroxylation is 2. The Labute approximate surface area is 157 Å². The molecule has 140 valence electrons. The zero-order valence-electron chi connectivity index (χ0n) is 15.9. The molecule has 0 aliphatic carbocycles. The van der Waals surface area contributed by atoms with Gasteiger partial charge in [0, 0.05) is 26.3 Å². The fourth-order valence-corrected chi connectivity index (χ4v) is 3.66. The summed E-state index contributed by atoms with van der Waals surface area (Å²) in [7, 11) is 3.16. The lowest BCUT2D eigenvalue weighted by Gasteiger charge is -2.30. The van der Waals surface area contributed by atoms with Gasteiger partial charge in [0.25, 0.3) is 5.91 Å². The Morgan fingerprint density at radius 1 is 1.15 bits per heavy atom. The number of nitrogens with zero attached hydrogens (tertiary/aromatic N) is 5. The molecule has 27 heavy (non-hydrogen) atoms. The van der Waals surface area contributed by atoms with Crippen LogP contribution in [0.4, 0.5) is 16.4 Å². The second-order valence-electron chi connectivity index (χ2n) is 6.98. The van der Waals surface area contributed by atoms with Gasteiger partial charge in [-0.3, -0.25) is 14.6 Å². The number of aromatic nitrogens is 2. The van der Waals surface area contributed by atoms with Crippen LogP contribution in [0.3, 0.4) is 0 Å². The molecule has 0 radical (unpaired) electrons. The molecule has 1 N–H and O–H groups in total. The molecule has 0 bridgehead atoms. The molecule has 1 atom stereocenters. The van der Waals surface area contributed by atoms with Gasteiger partial charge in [0.2, 0.25) is 11.9 Å². The van der Waals surface area contributed by atoms with E-state index in [1.54, 1.807) is 7.05 Å². The molecule has 2 aliphatic heterocycles. The first-order valence-electron chi connectivity index (χ1n) is 8.94. The number of fused-ring (bicyclic) bond motifs is 3. The summed E-state index contributed by atoms with van der Waals surface area (Å²) in [4.78, 5) is 32.1. The number of aliphatic imine (C=N–C) groups is 1. The van der Waals surface area contributed by atoms with E-state index in [1.165, 1.54) is 17.5 Å². The normalized spacial score (nSPS) is 18.5. The van der Waals surface area contributed by atoms with Crippen molar-refractivity contribution in [3.8, 4) is 0 Å². The second kappa shape index (κ2) is 6.22. The average molecular weight is 367 g/mol. The number of imidazole rings is 1. The van der Waals surface area contributed by atoms with E-state index in [-0.39, 0.29) is 11.9 Å². The van der Waals surface area contributed by atoms with Gasteiger partial charge in [0.15, 0.2) is 0 Å². The number of imide groups is 1. The van der Waals surface area contributed by atoms with E-state index >= 15 is 0 Å². The number of hydrogen-bond donors (Lipinski definition) is 1. The highest BCUT2D eigenvalue weighted by atomic mass is 16.2. The Kier molecular flexibility index (Phi) is 3.98. The van der Waals surface area contributed by atoms with Gasteiger partial charge in [-0.1, -0.05) is 23.2 Å². The molecule has 0 saturated carbocycles. The summed E-state index contributed by atoms with van der Waals surface area (Å²) < 4.78 is 3.93. The van der Waals surface area contributed by atoms with Crippen LogP contribution in [0.15, 0.2) is 35.5 Å². The zero-order chi connectivity index (χ0) is 19.3. The Balaban J connectivity index is 1.60.